The molecule has 0 aromatic carbocycles. The Morgan fingerprint density at radius 3 is 2.77 bits per heavy atom. The average Bonchev–Trinajstić information content (AvgIpc) is 2.05. The number of carbonyl (C=O) groups is 1. The molecule has 0 aromatic heterocycles. The Morgan fingerprint density at radius 1 is 1.69 bits per heavy atom. The van der Waals surface area contributed by atoms with Gasteiger partial charge in [-0.2, -0.15) is 0 Å². The van der Waals surface area contributed by atoms with Gasteiger partial charge in [-0.1, -0.05) is 12.2 Å². The van der Waals surface area contributed by atoms with E-state index in [4.69, 9.17) is 0 Å². The minimum absolute atomic E-state index is 0.332. The van der Waals surface area contributed by atoms with Crippen LogP contribution in [-0.4, -0.2) is 30.0 Å². The van der Waals surface area contributed by atoms with Crippen molar-refractivity contribution in [3.63, 3.8) is 0 Å². The first kappa shape index (κ1) is 12.0. The summed E-state index contributed by atoms with van der Waals surface area (Å²) in [5, 5.41) is 11.9. The second kappa shape index (κ2) is 6.48. The van der Waals surface area contributed by atoms with E-state index in [2.05, 4.69) is 10.1 Å². The van der Waals surface area contributed by atoms with Crippen LogP contribution >= 0.6 is 0 Å². The van der Waals surface area contributed by atoms with Crippen LogP contribution in [0.2, 0.25) is 0 Å². The first-order valence-electron chi connectivity index (χ1n) is 4.36. The van der Waals surface area contributed by atoms with Gasteiger partial charge >= 0.3 is 6.09 Å². The van der Waals surface area contributed by atoms with Gasteiger partial charge in [0.05, 0.1) is 18.8 Å². The van der Waals surface area contributed by atoms with E-state index in [0.29, 0.717) is 6.61 Å². The van der Waals surface area contributed by atoms with Gasteiger partial charge in [0.2, 0.25) is 0 Å². The number of nitrogens with one attached hydrogen (secondary N) is 1. The predicted octanol–water partition coefficient (Wildman–Crippen LogP) is 1.06. The molecule has 0 aliphatic rings. The molecule has 1 amide bonds. The molecule has 0 heterocycles. The van der Waals surface area contributed by atoms with E-state index in [-0.39, 0.29) is 6.04 Å². The first-order chi connectivity index (χ1) is 6.11. The summed E-state index contributed by atoms with van der Waals surface area (Å²) < 4.78 is 4.66. The summed E-state index contributed by atoms with van der Waals surface area (Å²) in [4.78, 5) is 10.9. The fraction of sp³-hybridized carbons (Fsp3) is 0.667. The van der Waals surface area contributed by atoms with Crippen molar-refractivity contribution in [3.8, 4) is 0 Å². The summed E-state index contributed by atoms with van der Waals surface area (Å²) in [5.41, 5.74) is 0. The molecule has 4 nitrogen and oxygen atoms in total. The van der Waals surface area contributed by atoms with E-state index in [0.717, 1.165) is 0 Å². The average molecular weight is 187 g/mol. The van der Waals surface area contributed by atoms with Crippen LogP contribution < -0.4 is 5.32 Å². The largest absolute Gasteiger partial charge is 0.450 e. The lowest BCUT2D eigenvalue weighted by Gasteiger charge is -2.16. The summed E-state index contributed by atoms with van der Waals surface area (Å²) in [6.45, 7) is 5.58. The van der Waals surface area contributed by atoms with Crippen LogP contribution in [0.25, 0.3) is 0 Å². The molecule has 0 aromatic rings. The minimum Gasteiger partial charge on any atom is -0.450 e. The van der Waals surface area contributed by atoms with Crippen LogP contribution in [-0.2, 0) is 4.74 Å². The Morgan fingerprint density at radius 2 is 2.31 bits per heavy atom. The highest BCUT2D eigenvalue weighted by atomic mass is 16.5. The second-order valence-corrected chi connectivity index (χ2v) is 2.67. The summed E-state index contributed by atoms with van der Waals surface area (Å²) >= 11 is 0. The summed E-state index contributed by atoms with van der Waals surface area (Å²) in [6.07, 6.45) is 2.17. The van der Waals surface area contributed by atoms with Gasteiger partial charge in [0, 0.05) is 0 Å². The molecule has 0 saturated carbocycles. The third-order valence-electron chi connectivity index (χ3n) is 1.52. The number of hydrogen-bond donors (Lipinski definition) is 2. The zero-order valence-corrected chi connectivity index (χ0v) is 8.28. The maximum absolute atomic E-state index is 10.9. The number of rotatable bonds is 4. The molecule has 0 saturated heterocycles. The molecule has 0 fully saturated rings. The molecule has 2 unspecified atom stereocenters. The standard InChI is InChI=1S/C9H17NO3/c1-4-6-8(11)7(3)10-9(12)13-5-2/h4,6-8,11H,5H2,1-3H3,(H,10,12)/b6-4+. The maximum Gasteiger partial charge on any atom is 0.407 e. The molecule has 2 atom stereocenters. The molecular formula is C9H17NO3. The molecule has 0 aliphatic carbocycles. The summed E-state index contributed by atoms with van der Waals surface area (Å²) in [6, 6.07) is -0.338. The van der Waals surface area contributed by atoms with Gasteiger partial charge in [-0.15, -0.1) is 0 Å². The van der Waals surface area contributed by atoms with Crippen LogP contribution in [0.4, 0.5) is 4.79 Å². The van der Waals surface area contributed by atoms with Crippen molar-refractivity contribution in [2.45, 2.75) is 32.9 Å². The first-order valence-corrected chi connectivity index (χ1v) is 4.36. The highest BCUT2D eigenvalue weighted by molar-refractivity contribution is 5.67. The van der Waals surface area contributed by atoms with E-state index >= 15 is 0 Å². The van der Waals surface area contributed by atoms with Gasteiger partial charge in [0.1, 0.15) is 0 Å². The van der Waals surface area contributed by atoms with E-state index in [1.807, 2.05) is 0 Å². The third-order valence-corrected chi connectivity index (χ3v) is 1.52. The van der Waals surface area contributed by atoms with E-state index in [1.165, 1.54) is 0 Å². The SMILES string of the molecule is C/C=C/C(O)C(C)NC(=O)OCC. The number of carbonyl (C=O) groups excluding carboxylic acids is 1. The number of amides is 1. The van der Waals surface area contributed by atoms with Crippen LogP contribution in [0.15, 0.2) is 12.2 Å². The molecule has 2 N–H and O–H groups in total. The molecule has 0 spiro atoms. The monoisotopic (exact) mass is 187 g/mol. The van der Waals surface area contributed by atoms with E-state index in [1.54, 1.807) is 32.9 Å². The predicted molar refractivity (Wildman–Crippen MR) is 50.4 cm³/mol. The zero-order chi connectivity index (χ0) is 10.3. The summed E-state index contributed by atoms with van der Waals surface area (Å²) in [7, 11) is 0. The molecule has 76 valence electrons. The van der Waals surface area contributed by atoms with Crippen molar-refractivity contribution in [1.82, 2.24) is 5.32 Å². The van der Waals surface area contributed by atoms with Crippen molar-refractivity contribution in [1.29, 1.82) is 0 Å². The van der Waals surface area contributed by atoms with Crippen molar-refractivity contribution in [3.05, 3.63) is 12.2 Å². The van der Waals surface area contributed by atoms with Gasteiger partial charge < -0.3 is 15.2 Å². The molecule has 0 radical (unpaired) electrons. The Hall–Kier alpha value is -1.03. The Kier molecular flexibility index (Phi) is 5.97. The van der Waals surface area contributed by atoms with Gasteiger partial charge in [-0.05, 0) is 20.8 Å². The molecular weight excluding hydrogens is 170 g/mol. The summed E-state index contributed by atoms with van der Waals surface area (Å²) in [5.74, 6) is 0. The van der Waals surface area contributed by atoms with Crippen LogP contribution in [0, 0.1) is 0 Å². The van der Waals surface area contributed by atoms with Crippen molar-refractivity contribution in [2.75, 3.05) is 6.61 Å². The van der Waals surface area contributed by atoms with Gasteiger partial charge in [-0.3, -0.25) is 0 Å². The van der Waals surface area contributed by atoms with Crippen LogP contribution in [0.3, 0.4) is 0 Å². The zero-order valence-electron chi connectivity index (χ0n) is 8.28. The fourth-order valence-electron chi connectivity index (χ4n) is 0.808. The lowest BCUT2D eigenvalue weighted by molar-refractivity contribution is 0.130. The second-order valence-electron chi connectivity index (χ2n) is 2.67. The number of hydrogen-bond acceptors (Lipinski definition) is 3. The van der Waals surface area contributed by atoms with Gasteiger partial charge in [0.25, 0.3) is 0 Å². The highest BCUT2D eigenvalue weighted by Crippen LogP contribution is 1.95. The topological polar surface area (TPSA) is 58.6 Å². The van der Waals surface area contributed by atoms with Gasteiger partial charge in [0.15, 0.2) is 0 Å². The molecule has 4 heteroatoms. The number of alkyl carbamates (subject to hydrolysis) is 1. The van der Waals surface area contributed by atoms with E-state index in [9.17, 15) is 9.90 Å². The molecule has 13 heavy (non-hydrogen) atoms. The maximum atomic E-state index is 10.9. The lowest BCUT2D eigenvalue weighted by Crippen LogP contribution is -2.40. The minimum atomic E-state index is -0.672. The highest BCUT2D eigenvalue weighted by Gasteiger charge is 2.13. The van der Waals surface area contributed by atoms with Crippen LogP contribution in [0.1, 0.15) is 20.8 Å². The lowest BCUT2D eigenvalue weighted by atomic mass is 10.2. The molecule has 0 aliphatic heterocycles. The quantitative estimate of drug-likeness (QED) is 0.647. The smallest absolute Gasteiger partial charge is 0.407 e. The van der Waals surface area contributed by atoms with Gasteiger partial charge in [-0.25, -0.2) is 4.79 Å². The van der Waals surface area contributed by atoms with E-state index < -0.39 is 12.2 Å². The number of aliphatic hydroxyl groups is 1. The van der Waals surface area contributed by atoms with Crippen molar-refractivity contribution >= 4 is 6.09 Å². The Labute approximate surface area is 78.6 Å². The third kappa shape index (κ3) is 5.25. The normalized spacial score (nSPS) is 15.4. The number of aliphatic hydroxyl groups excluding tert-OH is 1. The Balaban J connectivity index is 3.84. The fourth-order valence-corrected chi connectivity index (χ4v) is 0.808. The number of allylic oxidation sites excluding steroid dienone is 1. The Bertz CT molecular complexity index is 180. The van der Waals surface area contributed by atoms with Crippen molar-refractivity contribution in [2.24, 2.45) is 0 Å². The van der Waals surface area contributed by atoms with Crippen LogP contribution in [0.5, 0.6) is 0 Å². The molecule has 0 rings (SSSR count). The molecule has 0 bridgehead atoms. The van der Waals surface area contributed by atoms with Crippen molar-refractivity contribution < 1.29 is 14.6 Å². The number of ether oxygens (including phenoxy) is 1.